The van der Waals surface area contributed by atoms with Crippen molar-refractivity contribution in [3.63, 3.8) is 0 Å². The number of halogens is 2. The molecule has 1 aliphatic carbocycles. The van der Waals surface area contributed by atoms with E-state index in [1.807, 2.05) is 0 Å². The van der Waals surface area contributed by atoms with Crippen LogP contribution < -0.4 is 5.73 Å². The molecular weight excluding hydrogens is 304 g/mol. The van der Waals surface area contributed by atoms with E-state index in [1.54, 1.807) is 0 Å². The smallest absolute Gasteiger partial charge is 0.246 e. The highest BCUT2D eigenvalue weighted by Gasteiger charge is 2.39. The maximum absolute atomic E-state index is 13.7. The van der Waals surface area contributed by atoms with E-state index in [2.05, 4.69) is 5.16 Å². The van der Waals surface area contributed by atoms with Crippen LogP contribution in [0, 0.1) is 11.6 Å². The summed E-state index contributed by atoms with van der Waals surface area (Å²) in [5, 5.41) is 11.3. The third-order valence-corrected chi connectivity index (χ3v) is 5.14. The second-order valence-corrected chi connectivity index (χ2v) is 6.62. The topological polar surface area (TPSA) is 96.0 Å². The predicted molar refractivity (Wildman–Crippen MR) is 71.3 cm³/mol. The van der Waals surface area contributed by atoms with Crippen LogP contribution in [0.2, 0.25) is 0 Å². The van der Waals surface area contributed by atoms with Crippen LogP contribution in [-0.2, 0) is 10.0 Å². The Balaban J connectivity index is 2.29. The monoisotopic (exact) mass is 319 g/mol. The Bertz CT molecular complexity index is 660. The van der Waals surface area contributed by atoms with Crippen LogP contribution in [-0.4, -0.2) is 36.4 Å². The molecule has 0 aliphatic heterocycles. The van der Waals surface area contributed by atoms with Crippen molar-refractivity contribution in [2.24, 2.45) is 10.9 Å². The van der Waals surface area contributed by atoms with E-state index < -0.39 is 26.6 Å². The molecule has 0 saturated heterocycles. The van der Waals surface area contributed by atoms with Gasteiger partial charge in [0, 0.05) is 25.1 Å². The van der Waals surface area contributed by atoms with Crippen molar-refractivity contribution in [3.8, 4) is 0 Å². The maximum atomic E-state index is 13.7. The van der Waals surface area contributed by atoms with Crippen molar-refractivity contribution >= 4 is 15.9 Å². The second-order valence-electron chi connectivity index (χ2n) is 4.76. The van der Waals surface area contributed by atoms with Crippen LogP contribution in [0.5, 0.6) is 0 Å². The fourth-order valence-corrected chi connectivity index (χ4v) is 3.68. The molecule has 0 atom stereocenters. The molecule has 1 saturated carbocycles. The zero-order chi connectivity index (χ0) is 15.6. The largest absolute Gasteiger partial charge is 0.409 e. The molecule has 0 bridgehead atoms. The average Bonchev–Trinajstić information content (AvgIpc) is 3.22. The van der Waals surface area contributed by atoms with E-state index >= 15 is 0 Å². The molecule has 0 heterocycles. The highest BCUT2D eigenvalue weighted by molar-refractivity contribution is 7.89. The van der Waals surface area contributed by atoms with E-state index in [0.29, 0.717) is 18.9 Å². The van der Waals surface area contributed by atoms with Crippen molar-refractivity contribution in [1.29, 1.82) is 0 Å². The molecule has 1 aromatic rings. The number of sulfonamides is 1. The summed E-state index contributed by atoms with van der Waals surface area (Å²) in [6.45, 7) is -0.0281. The van der Waals surface area contributed by atoms with Crippen LogP contribution in [0.4, 0.5) is 8.78 Å². The SMILES string of the molecule is NC(CCN(C1CC1)S(=O)(=O)c1ccc(F)cc1F)=NO. The molecule has 0 unspecified atom stereocenters. The van der Waals surface area contributed by atoms with Gasteiger partial charge in [-0.25, -0.2) is 17.2 Å². The van der Waals surface area contributed by atoms with Gasteiger partial charge in [0.15, 0.2) is 0 Å². The Morgan fingerprint density at radius 2 is 2.10 bits per heavy atom. The van der Waals surface area contributed by atoms with Gasteiger partial charge < -0.3 is 10.9 Å². The highest BCUT2D eigenvalue weighted by Crippen LogP contribution is 2.33. The number of rotatable bonds is 6. The third kappa shape index (κ3) is 3.48. The molecule has 9 heteroatoms. The predicted octanol–water partition coefficient (Wildman–Crippen LogP) is 1.25. The standard InChI is InChI=1S/C12H15F2N3O3S/c13-8-1-4-11(10(14)7-8)21(19,20)17(9-2-3-9)6-5-12(15)16-18/h1,4,7,9,18H,2-3,5-6H2,(H2,15,16). The molecule has 21 heavy (non-hydrogen) atoms. The average molecular weight is 319 g/mol. The quantitative estimate of drug-likeness (QED) is 0.357. The van der Waals surface area contributed by atoms with Gasteiger partial charge in [0.25, 0.3) is 0 Å². The van der Waals surface area contributed by atoms with E-state index in [-0.39, 0.29) is 24.8 Å². The van der Waals surface area contributed by atoms with E-state index in [0.717, 1.165) is 16.4 Å². The molecule has 1 aliphatic rings. The van der Waals surface area contributed by atoms with Gasteiger partial charge in [-0.1, -0.05) is 5.16 Å². The molecule has 0 radical (unpaired) electrons. The van der Waals surface area contributed by atoms with Crippen molar-refractivity contribution in [3.05, 3.63) is 29.8 Å². The zero-order valence-electron chi connectivity index (χ0n) is 11.0. The van der Waals surface area contributed by atoms with Gasteiger partial charge >= 0.3 is 0 Å². The molecule has 1 fully saturated rings. The number of nitrogens with zero attached hydrogens (tertiary/aromatic N) is 2. The lowest BCUT2D eigenvalue weighted by Crippen LogP contribution is -2.36. The number of hydrogen-bond donors (Lipinski definition) is 2. The first-order valence-electron chi connectivity index (χ1n) is 6.29. The summed E-state index contributed by atoms with van der Waals surface area (Å²) in [4.78, 5) is -0.574. The molecule has 116 valence electrons. The van der Waals surface area contributed by atoms with Gasteiger partial charge in [-0.3, -0.25) is 0 Å². The number of oxime groups is 1. The third-order valence-electron chi connectivity index (χ3n) is 3.15. The van der Waals surface area contributed by atoms with Crippen molar-refractivity contribution < 1.29 is 22.4 Å². The lowest BCUT2D eigenvalue weighted by molar-refractivity contribution is 0.315. The molecule has 0 amide bonds. The van der Waals surface area contributed by atoms with Gasteiger partial charge in [-0.05, 0) is 25.0 Å². The first-order chi connectivity index (χ1) is 9.86. The Morgan fingerprint density at radius 1 is 1.43 bits per heavy atom. The summed E-state index contributed by atoms with van der Waals surface area (Å²) in [6, 6.07) is 2.09. The maximum Gasteiger partial charge on any atom is 0.246 e. The minimum atomic E-state index is -4.09. The van der Waals surface area contributed by atoms with Crippen LogP contribution >= 0.6 is 0 Å². The molecule has 0 aromatic heterocycles. The summed E-state index contributed by atoms with van der Waals surface area (Å²) in [6.07, 6.45) is 1.35. The zero-order valence-corrected chi connectivity index (χ0v) is 11.9. The first kappa shape index (κ1) is 15.6. The number of nitrogens with two attached hydrogens (primary N) is 1. The van der Waals surface area contributed by atoms with Crippen LogP contribution in [0.1, 0.15) is 19.3 Å². The summed E-state index contributed by atoms with van der Waals surface area (Å²) >= 11 is 0. The minimum absolute atomic E-state index is 0.0229. The summed E-state index contributed by atoms with van der Waals surface area (Å²) < 4.78 is 52.7. The van der Waals surface area contributed by atoms with Crippen molar-refractivity contribution in [1.82, 2.24) is 4.31 Å². The van der Waals surface area contributed by atoms with E-state index in [1.165, 1.54) is 0 Å². The molecule has 3 N–H and O–H groups in total. The van der Waals surface area contributed by atoms with Crippen LogP contribution in [0.15, 0.2) is 28.3 Å². The van der Waals surface area contributed by atoms with Gasteiger partial charge in [-0.15, -0.1) is 0 Å². The summed E-state index contributed by atoms with van der Waals surface area (Å²) in [7, 11) is -4.09. The van der Waals surface area contributed by atoms with E-state index in [9.17, 15) is 17.2 Å². The Kier molecular flexibility index (Phi) is 4.43. The molecule has 2 rings (SSSR count). The molecule has 0 spiro atoms. The highest BCUT2D eigenvalue weighted by atomic mass is 32.2. The molecule has 1 aromatic carbocycles. The van der Waals surface area contributed by atoms with Crippen molar-refractivity contribution in [2.45, 2.75) is 30.2 Å². The van der Waals surface area contributed by atoms with Gasteiger partial charge in [0.2, 0.25) is 10.0 Å². The summed E-state index contributed by atoms with van der Waals surface area (Å²) in [5.74, 6) is -2.10. The summed E-state index contributed by atoms with van der Waals surface area (Å²) in [5.41, 5.74) is 5.33. The van der Waals surface area contributed by atoms with Crippen molar-refractivity contribution in [2.75, 3.05) is 6.54 Å². The Morgan fingerprint density at radius 3 is 2.62 bits per heavy atom. The Hall–Kier alpha value is -1.74. The second kappa shape index (κ2) is 5.94. The van der Waals surface area contributed by atoms with Crippen LogP contribution in [0.3, 0.4) is 0 Å². The number of hydrogen-bond acceptors (Lipinski definition) is 4. The fourth-order valence-electron chi connectivity index (χ4n) is 1.95. The molecular formula is C12H15F2N3O3S. The van der Waals surface area contributed by atoms with E-state index in [4.69, 9.17) is 10.9 Å². The number of amidine groups is 1. The Labute approximate surface area is 120 Å². The molecule has 6 nitrogen and oxygen atoms in total. The van der Waals surface area contributed by atoms with Gasteiger partial charge in [-0.2, -0.15) is 4.31 Å². The minimum Gasteiger partial charge on any atom is -0.409 e. The van der Waals surface area contributed by atoms with Gasteiger partial charge in [0.1, 0.15) is 22.4 Å². The normalized spacial score (nSPS) is 16.4. The lowest BCUT2D eigenvalue weighted by atomic mass is 10.3. The fraction of sp³-hybridized carbons (Fsp3) is 0.417. The first-order valence-corrected chi connectivity index (χ1v) is 7.73. The van der Waals surface area contributed by atoms with Crippen LogP contribution in [0.25, 0.3) is 0 Å². The van der Waals surface area contributed by atoms with Gasteiger partial charge in [0.05, 0.1) is 0 Å². The number of benzene rings is 1. The lowest BCUT2D eigenvalue weighted by Gasteiger charge is -2.21.